The smallest absolute Gasteiger partial charge is 0.343 e. The van der Waals surface area contributed by atoms with Crippen molar-refractivity contribution in [1.29, 1.82) is 0 Å². The largest absolute Gasteiger partial charge is 0.494 e. The van der Waals surface area contributed by atoms with E-state index < -0.39 is 18.5 Å². The van der Waals surface area contributed by atoms with E-state index in [0.29, 0.717) is 62.5 Å². The molecule has 0 saturated carbocycles. The first kappa shape index (κ1) is 33.7. The molecule has 3 aromatic carbocycles. The number of ether oxygens (including phenoxy) is 4. The third kappa shape index (κ3) is 9.64. The van der Waals surface area contributed by atoms with Crippen LogP contribution in [-0.2, 0) is 19.1 Å². The maximum absolute atomic E-state index is 12.7. The van der Waals surface area contributed by atoms with Crippen LogP contribution in [0.5, 0.6) is 17.2 Å². The van der Waals surface area contributed by atoms with E-state index in [0.717, 1.165) is 22.4 Å². The van der Waals surface area contributed by atoms with Crippen LogP contribution in [-0.4, -0.2) is 66.7 Å². The molecule has 240 valence electrons. The van der Waals surface area contributed by atoms with Crippen molar-refractivity contribution in [2.24, 2.45) is 0 Å². The average molecular weight is 628 g/mol. The molecule has 10 heteroatoms. The van der Waals surface area contributed by atoms with Crippen LogP contribution in [0.4, 0.5) is 0 Å². The monoisotopic (exact) mass is 627 g/mol. The molecule has 0 radical (unpaired) electrons. The van der Waals surface area contributed by atoms with Gasteiger partial charge in [0.25, 0.3) is 11.8 Å². The third-order valence-corrected chi connectivity index (χ3v) is 7.12. The number of imide groups is 1. The molecule has 0 unspecified atom stereocenters. The number of aliphatic hydroxyl groups excluding tert-OH is 1. The molecule has 0 spiro atoms. The summed E-state index contributed by atoms with van der Waals surface area (Å²) in [7, 11) is 0. The van der Waals surface area contributed by atoms with Gasteiger partial charge in [0.1, 0.15) is 17.2 Å². The Morgan fingerprint density at radius 2 is 1.37 bits per heavy atom. The number of rotatable bonds is 17. The van der Waals surface area contributed by atoms with Crippen LogP contribution in [0.3, 0.4) is 0 Å². The predicted molar refractivity (Wildman–Crippen MR) is 171 cm³/mol. The fraction of sp³-hybridized carbons (Fsp3) is 0.278. The van der Waals surface area contributed by atoms with Gasteiger partial charge in [0.05, 0.1) is 37.6 Å². The van der Waals surface area contributed by atoms with Gasteiger partial charge in [0, 0.05) is 18.7 Å². The summed E-state index contributed by atoms with van der Waals surface area (Å²) < 4.78 is 22.2. The highest BCUT2D eigenvalue weighted by Crippen LogP contribution is 2.28. The second kappa shape index (κ2) is 16.7. The maximum Gasteiger partial charge on any atom is 0.343 e. The second-order valence-electron chi connectivity index (χ2n) is 10.6. The molecule has 46 heavy (non-hydrogen) atoms. The lowest BCUT2D eigenvalue weighted by molar-refractivity contribution is -0.140. The van der Waals surface area contributed by atoms with Crippen molar-refractivity contribution in [3.63, 3.8) is 0 Å². The Balaban J connectivity index is 1.17. The Bertz CT molecular complexity index is 1560. The maximum atomic E-state index is 12.7. The van der Waals surface area contributed by atoms with Gasteiger partial charge in [0.2, 0.25) is 0 Å². The van der Waals surface area contributed by atoms with Gasteiger partial charge >= 0.3 is 11.9 Å². The zero-order chi connectivity index (χ0) is 32.9. The molecule has 1 aliphatic rings. The molecule has 4 rings (SSSR count). The van der Waals surface area contributed by atoms with Gasteiger partial charge in [-0.2, -0.15) is 0 Å². The molecule has 10 nitrogen and oxygen atoms in total. The zero-order valence-corrected chi connectivity index (χ0v) is 25.7. The molecular weight excluding hydrogens is 590 g/mol. The average Bonchev–Trinajstić information content (AvgIpc) is 3.39. The van der Waals surface area contributed by atoms with Gasteiger partial charge in [-0.1, -0.05) is 24.8 Å². The highest BCUT2D eigenvalue weighted by molar-refractivity contribution is 6.12. The highest BCUT2D eigenvalue weighted by Gasteiger charge is 2.22. The van der Waals surface area contributed by atoms with Crippen molar-refractivity contribution in [2.45, 2.75) is 32.6 Å². The molecule has 0 fully saturated rings. The lowest BCUT2D eigenvalue weighted by atomic mass is 10.0. The van der Waals surface area contributed by atoms with Gasteiger partial charge in [-0.05, 0) is 97.8 Å². The number of hydrogen-bond acceptors (Lipinski definition) is 9. The number of carbonyl (C=O) groups is 4. The van der Waals surface area contributed by atoms with Crippen molar-refractivity contribution in [1.82, 2.24) is 4.90 Å². The molecule has 1 N–H and O–H groups in total. The van der Waals surface area contributed by atoms with Crippen molar-refractivity contribution >= 4 is 23.8 Å². The van der Waals surface area contributed by atoms with Crippen molar-refractivity contribution in [3.8, 4) is 28.4 Å². The molecule has 0 bridgehead atoms. The number of benzene rings is 3. The predicted octanol–water partition coefficient (Wildman–Crippen LogP) is 5.22. The molecule has 2 amide bonds. The van der Waals surface area contributed by atoms with Gasteiger partial charge < -0.3 is 24.1 Å². The molecule has 0 aliphatic carbocycles. The van der Waals surface area contributed by atoms with Gasteiger partial charge in [-0.25, -0.2) is 9.59 Å². The molecule has 1 aliphatic heterocycles. The SMILES string of the molecule is C=C(CO)C(=O)OCCCCOc1ccc(-c2ccc(OC(=O)c3ccc(OCCCCN4C(=O)C=CC4=O)cc3)cc2)cc1C. The van der Waals surface area contributed by atoms with E-state index in [9.17, 15) is 19.2 Å². The molecule has 0 saturated heterocycles. The zero-order valence-electron chi connectivity index (χ0n) is 25.7. The van der Waals surface area contributed by atoms with Crippen molar-refractivity contribution in [2.75, 3.05) is 33.0 Å². The van der Waals surface area contributed by atoms with Crippen molar-refractivity contribution < 1.29 is 43.2 Å². The molecular formula is C36H37NO9. The van der Waals surface area contributed by atoms with E-state index >= 15 is 0 Å². The fourth-order valence-electron chi connectivity index (χ4n) is 4.49. The summed E-state index contributed by atoms with van der Waals surface area (Å²) in [6.07, 6.45) is 5.18. The first-order valence-corrected chi connectivity index (χ1v) is 15.0. The van der Waals surface area contributed by atoms with Crippen LogP contribution in [0, 0.1) is 6.92 Å². The number of carbonyl (C=O) groups excluding carboxylic acids is 4. The topological polar surface area (TPSA) is 129 Å². The second-order valence-corrected chi connectivity index (χ2v) is 10.6. The summed E-state index contributed by atoms with van der Waals surface area (Å²) in [6, 6.07) is 19.8. The molecule has 0 atom stereocenters. The number of esters is 2. The van der Waals surface area contributed by atoms with Gasteiger partial charge in [-0.15, -0.1) is 0 Å². The van der Waals surface area contributed by atoms with Crippen LogP contribution in [0.15, 0.2) is 91.0 Å². The lowest BCUT2D eigenvalue weighted by Gasteiger charge is -2.13. The number of amides is 2. The summed E-state index contributed by atoms with van der Waals surface area (Å²) in [5.41, 5.74) is 3.34. The van der Waals surface area contributed by atoms with Crippen LogP contribution in [0.2, 0.25) is 0 Å². The first-order chi connectivity index (χ1) is 22.2. The number of aryl methyl sites for hydroxylation is 1. The summed E-state index contributed by atoms with van der Waals surface area (Å²) in [4.78, 5) is 48.5. The number of unbranched alkanes of at least 4 members (excludes halogenated alkanes) is 2. The van der Waals surface area contributed by atoms with Crippen LogP contribution >= 0.6 is 0 Å². The summed E-state index contributed by atoms with van der Waals surface area (Å²) in [6.45, 7) is 6.46. The minimum atomic E-state index is -0.588. The Morgan fingerprint density at radius 3 is 2.04 bits per heavy atom. The standard InChI is InChI=1S/C36H37NO9/c1-25-23-29(11-16-32(25)44-21-5-6-22-45-35(41)26(2)24-38)27-7-14-31(15-8-27)46-36(42)28-9-12-30(13-10-28)43-20-4-3-19-37-33(39)17-18-34(37)40/h7-18,23,38H,2-6,19-22,24H2,1H3. The van der Waals surface area contributed by atoms with E-state index in [4.69, 9.17) is 24.1 Å². The minimum absolute atomic E-state index is 0.0360. The van der Waals surface area contributed by atoms with E-state index in [2.05, 4.69) is 6.58 Å². The van der Waals surface area contributed by atoms with Gasteiger partial charge in [0.15, 0.2) is 0 Å². The Morgan fingerprint density at radius 1 is 0.761 bits per heavy atom. The Kier molecular flexibility index (Phi) is 12.3. The summed E-state index contributed by atoms with van der Waals surface area (Å²) in [5, 5.41) is 8.88. The molecule has 0 aromatic heterocycles. The van der Waals surface area contributed by atoms with Crippen LogP contribution in [0.25, 0.3) is 11.1 Å². The van der Waals surface area contributed by atoms with Crippen LogP contribution < -0.4 is 14.2 Å². The fourth-order valence-corrected chi connectivity index (χ4v) is 4.49. The summed E-state index contributed by atoms with van der Waals surface area (Å²) in [5.74, 6) is 0.144. The lowest BCUT2D eigenvalue weighted by Crippen LogP contribution is -2.31. The summed E-state index contributed by atoms with van der Waals surface area (Å²) >= 11 is 0. The molecule has 1 heterocycles. The van der Waals surface area contributed by atoms with E-state index in [-0.39, 0.29) is 24.0 Å². The number of nitrogens with zero attached hydrogens (tertiary/aromatic N) is 1. The third-order valence-electron chi connectivity index (χ3n) is 7.12. The normalized spacial score (nSPS) is 12.3. The number of hydrogen-bond donors (Lipinski definition) is 1. The Hall–Kier alpha value is -5.22. The van der Waals surface area contributed by atoms with Gasteiger partial charge in [-0.3, -0.25) is 14.5 Å². The minimum Gasteiger partial charge on any atom is -0.494 e. The van der Waals surface area contributed by atoms with E-state index in [1.165, 1.54) is 17.1 Å². The number of aliphatic hydroxyl groups is 1. The molecule has 3 aromatic rings. The van der Waals surface area contributed by atoms with E-state index in [1.807, 2.05) is 37.3 Å². The Labute approximate surface area is 267 Å². The van der Waals surface area contributed by atoms with Crippen LogP contribution in [0.1, 0.15) is 41.6 Å². The highest BCUT2D eigenvalue weighted by atomic mass is 16.5. The van der Waals surface area contributed by atoms with E-state index in [1.54, 1.807) is 36.4 Å². The quantitative estimate of drug-likeness (QED) is 0.0705. The first-order valence-electron chi connectivity index (χ1n) is 15.0. The van der Waals surface area contributed by atoms with Crippen molar-refractivity contribution in [3.05, 3.63) is 102 Å².